The van der Waals surface area contributed by atoms with Crippen LogP contribution in [0.1, 0.15) is 25.8 Å². The van der Waals surface area contributed by atoms with Crippen molar-refractivity contribution in [1.82, 2.24) is 10.2 Å². The van der Waals surface area contributed by atoms with Crippen LogP contribution in [0.3, 0.4) is 0 Å². The summed E-state index contributed by atoms with van der Waals surface area (Å²) >= 11 is 0. The van der Waals surface area contributed by atoms with E-state index in [9.17, 15) is 18.8 Å². The van der Waals surface area contributed by atoms with Crippen LogP contribution in [0.15, 0.2) is 48.5 Å². The summed E-state index contributed by atoms with van der Waals surface area (Å²) in [5, 5.41) is 5.33. The summed E-state index contributed by atoms with van der Waals surface area (Å²) in [5.41, 5.74) is -0.412. The van der Waals surface area contributed by atoms with Crippen LogP contribution in [0.5, 0.6) is 5.75 Å². The third kappa shape index (κ3) is 3.91. The molecule has 1 aliphatic heterocycles. The third-order valence-electron chi connectivity index (χ3n) is 4.81. The number of ether oxygens (including phenoxy) is 1. The number of carbonyl (C=O) groups excluding carboxylic acids is 3. The molecule has 0 saturated carbocycles. The van der Waals surface area contributed by atoms with Crippen LogP contribution < -0.4 is 15.4 Å². The first-order valence-electron chi connectivity index (χ1n) is 9.33. The number of urea groups is 1. The van der Waals surface area contributed by atoms with Gasteiger partial charge in [-0.2, -0.15) is 0 Å². The second kappa shape index (κ2) is 8.30. The van der Waals surface area contributed by atoms with Crippen molar-refractivity contribution in [3.8, 4) is 5.75 Å². The van der Waals surface area contributed by atoms with Gasteiger partial charge in [-0.25, -0.2) is 9.18 Å². The highest BCUT2D eigenvalue weighted by molar-refractivity contribution is 6.10. The van der Waals surface area contributed by atoms with E-state index in [1.165, 1.54) is 24.3 Å². The molecular weight excluding hydrogens is 377 g/mol. The first kappa shape index (κ1) is 20.3. The number of nitrogens with zero attached hydrogens (tertiary/aromatic N) is 1. The lowest BCUT2D eigenvalue weighted by Crippen LogP contribution is -2.44. The van der Waals surface area contributed by atoms with E-state index in [4.69, 9.17) is 4.74 Å². The van der Waals surface area contributed by atoms with Crippen molar-refractivity contribution >= 4 is 23.5 Å². The van der Waals surface area contributed by atoms with Gasteiger partial charge in [0.15, 0.2) is 0 Å². The van der Waals surface area contributed by atoms with E-state index in [0.717, 1.165) is 4.90 Å². The number of imide groups is 1. The average molecular weight is 399 g/mol. The van der Waals surface area contributed by atoms with Gasteiger partial charge in [-0.05, 0) is 43.2 Å². The molecule has 0 radical (unpaired) electrons. The summed E-state index contributed by atoms with van der Waals surface area (Å²) in [5.74, 6) is -1.03. The fourth-order valence-electron chi connectivity index (χ4n) is 3.33. The molecule has 3 rings (SSSR count). The molecule has 2 aromatic carbocycles. The Morgan fingerprint density at radius 1 is 1.14 bits per heavy atom. The molecule has 152 valence electrons. The lowest BCUT2D eigenvalue weighted by Gasteiger charge is -2.25. The summed E-state index contributed by atoms with van der Waals surface area (Å²) < 4.78 is 18.7. The van der Waals surface area contributed by atoms with Crippen LogP contribution in [0.2, 0.25) is 0 Å². The zero-order chi connectivity index (χ0) is 21.0. The van der Waals surface area contributed by atoms with Gasteiger partial charge >= 0.3 is 6.03 Å². The molecule has 1 atom stereocenters. The number of benzene rings is 2. The zero-order valence-corrected chi connectivity index (χ0v) is 16.2. The minimum absolute atomic E-state index is 0.258. The highest BCUT2D eigenvalue weighted by Crippen LogP contribution is 2.32. The number of rotatable bonds is 7. The van der Waals surface area contributed by atoms with Crippen LogP contribution in [-0.4, -0.2) is 35.9 Å². The Balaban J connectivity index is 1.78. The number of hydrogen-bond donors (Lipinski definition) is 2. The van der Waals surface area contributed by atoms with E-state index in [-0.39, 0.29) is 6.42 Å². The van der Waals surface area contributed by atoms with Crippen molar-refractivity contribution in [3.63, 3.8) is 0 Å². The van der Waals surface area contributed by atoms with Gasteiger partial charge in [0.1, 0.15) is 23.7 Å². The molecule has 1 aliphatic rings. The lowest BCUT2D eigenvalue weighted by molar-refractivity contribution is -0.134. The van der Waals surface area contributed by atoms with Gasteiger partial charge in [0.25, 0.3) is 5.91 Å². The van der Waals surface area contributed by atoms with E-state index in [0.29, 0.717) is 23.6 Å². The number of amides is 4. The summed E-state index contributed by atoms with van der Waals surface area (Å²) in [6.45, 7) is 3.54. The van der Waals surface area contributed by atoms with E-state index in [2.05, 4.69) is 10.6 Å². The molecule has 0 aliphatic carbocycles. The lowest BCUT2D eigenvalue weighted by atomic mass is 9.87. The quantitative estimate of drug-likeness (QED) is 0.701. The Morgan fingerprint density at radius 3 is 2.48 bits per heavy atom. The molecular formula is C21H22FN3O4. The molecule has 0 aromatic heterocycles. The number of halogens is 1. The Bertz CT molecular complexity index is 932. The Hall–Kier alpha value is -3.42. The Morgan fingerprint density at radius 2 is 1.83 bits per heavy atom. The van der Waals surface area contributed by atoms with Gasteiger partial charge in [0.2, 0.25) is 5.91 Å². The molecule has 29 heavy (non-hydrogen) atoms. The third-order valence-corrected chi connectivity index (χ3v) is 4.81. The minimum Gasteiger partial charge on any atom is -0.492 e. The van der Waals surface area contributed by atoms with E-state index < -0.39 is 35.7 Å². The molecule has 4 amide bonds. The fraction of sp³-hybridized carbons (Fsp3) is 0.286. The molecule has 1 fully saturated rings. The van der Waals surface area contributed by atoms with Crippen LogP contribution in [0, 0.1) is 5.82 Å². The molecule has 2 N–H and O–H groups in total. The average Bonchev–Trinajstić information content (AvgIpc) is 2.95. The summed E-state index contributed by atoms with van der Waals surface area (Å²) in [6.07, 6.45) is 0.258. The Kier molecular flexibility index (Phi) is 5.81. The van der Waals surface area contributed by atoms with Crippen LogP contribution in [0.25, 0.3) is 0 Å². The summed E-state index contributed by atoms with van der Waals surface area (Å²) in [6, 6.07) is 11.6. The zero-order valence-electron chi connectivity index (χ0n) is 16.2. The van der Waals surface area contributed by atoms with E-state index in [1.807, 2.05) is 6.92 Å². The molecule has 1 saturated heterocycles. The van der Waals surface area contributed by atoms with Crippen molar-refractivity contribution in [2.75, 3.05) is 18.5 Å². The topological polar surface area (TPSA) is 87.7 Å². The Labute approximate surface area is 167 Å². The van der Waals surface area contributed by atoms with E-state index in [1.54, 1.807) is 31.2 Å². The molecule has 1 heterocycles. The van der Waals surface area contributed by atoms with Crippen molar-refractivity contribution in [1.29, 1.82) is 0 Å². The van der Waals surface area contributed by atoms with Crippen molar-refractivity contribution in [3.05, 3.63) is 59.9 Å². The second-order valence-corrected chi connectivity index (χ2v) is 6.56. The predicted octanol–water partition coefficient (Wildman–Crippen LogP) is 3.02. The van der Waals surface area contributed by atoms with Crippen LogP contribution in [0.4, 0.5) is 14.9 Å². The maximum absolute atomic E-state index is 13.3. The molecule has 0 bridgehead atoms. The highest BCUT2D eigenvalue weighted by Gasteiger charge is 2.51. The molecule has 7 nitrogen and oxygen atoms in total. The first-order chi connectivity index (χ1) is 13.9. The number of hydrogen-bond acceptors (Lipinski definition) is 4. The highest BCUT2D eigenvalue weighted by atomic mass is 19.1. The molecule has 0 spiro atoms. The van der Waals surface area contributed by atoms with Gasteiger partial charge in [-0.15, -0.1) is 0 Å². The summed E-state index contributed by atoms with van der Waals surface area (Å²) in [7, 11) is 0. The molecule has 2 aromatic rings. The van der Waals surface area contributed by atoms with Crippen LogP contribution in [-0.2, 0) is 15.1 Å². The van der Waals surface area contributed by atoms with Gasteiger partial charge in [-0.1, -0.05) is 31.2 Å². The van der Waals surface area contributed by atoms with Crippen molar-refractivity contribution in [2.24, 2.45) is 0 Å². The fourth-order valence-corrected chi connectivity index (χ4v) is 3.33. The number of anilines is 1. The SMILES string of the molecule is CCOc1ccccc1NC(=O)CN1C(=O)N[C@](CC)(c2ccc(F)cc2)C1=O. The molecule has 8 heteroatoms. The monoisotopic (exact) mass is 399 g/mol. The van der Waals surface area contributed by atoms with Gasteiger partial charge in [-0.3, -0.25) is 14.5 Å². The first-order valence-corrected chi connectivity index (χ1v) is 9.33. The van der Waals surface area contributed by atoms with Crippen LogP contribution >= 0.6 is 0 Å². The smallest absolute Gasteiger partial charge is 0.325 e. The predicted molar refractivity (Wildman–Crippen MR) is 105 cm³/mol. The maximum Gasteiger partial charge on any atom is 0.325 e. The minimum atomic E-state index is -1.33. The maximum atomic E-state index is 13.3. The standard InChI is InChI=1S/C21H22FN3O4/c1-3-21(14-9-11-15(22)12-10-14)19(27)25(20(28)24-21)13-18(26)23-16-7-5-6-8-17(16)29-4-2/h5-12H,3-4,13H2,1-2H3,(H,23,26)(H,24,28)/t21-/m1/s1. The van der Waals surface area contributed by atoms with E-state index >= 15 is 0 Å². The number of para-hydroxylation sites is 2. The van der Waals surface area contributed by atoms with Crippen molar-refractivity contribution in [2.45, 2.75) is 25.8 Å². The largest absolute Gasteiger partial charge is 0.492 e. The van der Waals surface area contributed by atoms with Crippen molar-refractivity contribution < 1.29 is 23.5 Å². The van der Waals surface area contributed by atoms with Gasteiger partial charge in [0, 0.05) is 0 Å². The number of carbonyl (C=O) groups is 3. The molecule has 0 unspecified atom stereocenters. The number of nitrogens with one attached hydrogen (secondary N) is 2. The normalized spacial score (nSPS) is 18.5. The summed E-state index contributed by atoms with van der Waals surface area (Å²) in [4.78, 5) is 38.9. The van der Waals surface area contributed by atoms with Gasteiger partial charge < -0.3 is 15.4 Å². The van der Waals surface area contributed by atoms with Gasteiger partial charge in [0.05, 0.1) is 12.3 Å². The second-order valence-electron chi connectivity index (χ2n) is 6.56.